The van der Waals surface area contributed by atoms with Crippen LogP contribution in [0.2, 0.25) is 0 Å². The summed E-state index contributed by atoms with van der Waals surface area (Å²) in [6, 6.07) is 8.28. The Bertz CT molecular complexity index is 1360. The van der Waals surface area contributed by atoms with E-state index in [9.17, 15) is 26.4 Å². The minimum absolute atomic E-state index is 0.00492. The third kappa shape index (κ3) is 5.42. The molecule has 0 aliphatic heterocycles. The number of hydrogen-bond acceptors (Lipinski definition) is 8. The fraction of sp³-hybridized carbons (Fsp3) is 0.238. The first-order valence-corrected chi connectivity index (χ1v) is 11.5. The maximum atomic E-state index is 13.5. The number of halogens is 3. The van der Waals surface area contributed by atoms with Crippen molar-refractivity contribution in [1.29, 1.82) is 0 Å². The minimum Gasteiger partial charge on any atom is -0.478 e. The smallest absolute Gasteiger partial charge is 0.435 e. The molecule has 0 fully saturated rings. The van der Waals surface area contributed by atoms with Crippen molar-refractivity contribution in [3.63, 3.8) is 0 Å². The molecule has 0 bridgehead atoms. The van der Waals surface area contributed by atoms with E-state index in [0.29, 0.717) is 5.69 Å². The lowest BCUT2D eigenvalue weighted by Gasteiger charge is -2.16. The highest BCUT2D eigenvalue weighted by atomic mass is 32.2. The summed E-state index contributed by atoms with van der Waals surface area (Å²) in [6.45, 7) is 2.74. The first-order valence-electron chi connectivity index (χ1n) is 9.56. The monoisotopic (exact) mass is 496 g/mol. The largest absolute Gasteiger partial charge is 0.478 e. The molecule has 1 N–H and O–H groups in total. The number of hydrogen-bond donors (Lipinski definition) is 1. The van der Waals surface area contributed by atoms with E-state index in [4.69, 9.17) is 9.47 Å². The van der Waals surface area contributed by atoms with E-state index in [-0.39, 0.29) is 22.2 Å². The molecule has 0 spiro atoms. The SMILES string of the molecule is COc1nc(C)ccc1Oc1nnc(C(F)(F)F)c(C)c1C(=O)Nc1cccc(S(C)(=O)=O)c1. The number of amides is 1. The lowest BCUT2D eigenvalue weighted by molar-refractivity contribution is -0.142. The summed E-state index contributed by atoms with van der Waals surface area (Å²) in [5.74, 6) is -1.52. The highest BCUT2D eigenvalue weighted by Gasteiger charge is 2.38. The van der Waals surface area contributed by atoms with Gasteiger partial charge in [0.2, 0.25) is 0 Å². The van der Waals surface area contributed by atoms with Crippen LogP contribution < -0.4 is 14.8 Å². The van der Waals surface area contributed by atoms with Crippen LogP contribution in [0.25, 0.3) is 0 Å². The predicted octanol–water partition coefficient (Wildman–Crippen LogP) is 3.96. The lowest BCUT2D eigenvalue weighted by atomic mass is 10.1. The average molecular weight is 496 g/mol. The number of sulfone groups is 1. The van der Waals surface area contributed by atoms with Gasteiger partial charge in [0.25, 0.3) is 17.7 Å². The molecule has 1 amide bonds. The summed E-state index contributed by atoms with van der Waals surface area (Å²) in [7, 11) is -2.27. The number of pyridine rings is 1. The molecule has 0 aliphatic rings. The molecule has 0 unspecified atom stereocenters. The van der Waals surface area contributed by atoms with Crippen LogP contribution in [0.4, 0.5) is 18.9 Å². The first-order chi connectivity index (χ1) is 15.8. The molecule has 9 nitrogen and oxygen atoms in total. The molecule has 180 valence electrons. The Hall–Kier alpha value is -3.74. The molecule has 2 heterocycles. The molecule has 0 saturated carbocycles. The first kappa shape index (κ1) is 24.9. The van der Waals surface area contributed by atoms with Crippen molar-refractivity contribution in [3.05, 3.63) is 58.9 Å². The fourth-order valence-corrected chi connectivity index (χ4v) is 3.62. The zero-order valence-corrected chi connectivity index (χ0v) is 19.2. The Labute approximate surface area is 192 Å². The molecule has 2 aromatic heterocycles. The summed E-state index contributed by atoms with van der Waals surface area (Å²) in [5, 5.41) is 9.07. The van der Waals surface area contributed by atoms with E-state index in [2.05, 4.69) is 20.5 Å². The number of aromatic nitrogens is 3. The van der Waals surface area contributed by atoms with E-state index >= 15 is 0 Å². The van der Waals surface area contributed by atoms with Crippen molar-refractivity contribution in [2.45, 2.75) is 24.9 Å². The van der Waals surface area contributed by atoms with Crippen LogP contribution in [0.1, 0.15) is 27.3 Å². The zero-order chi connectivity index (χ0) is 25.3. The number of carbonyl (C=O) groups is 1. The Morgan fingerprint density at radius 1 is 1.06 bits per heavy atom. The van der Waals surface area contributed by atoms with E-state index in [1.54, 1.807) is 13.0 Å². The second-order valence-corrected chi connectivity index (χ2v) is 9.18. The zero-order valence-electron chi connectivity index (χ0n) is 18.4. The molecule has 0 aliphatic carbocycles. The second-order valence-electron chi connectivity index (χ2n) is 7.17. The number of aryl methyl sites for hydroxylation is 1. The molecular weight excluding hydrogens is 477 g/mol. The van der Waals surface area contributed by atoms with Crippen molar-refractivity contribution < 1.29 is 35.9 Å². The van der Waals surface area contributed by atoms with Gasteiger partial charge < -0.3 is 14.8 Å². The summed E-state index contributed by atoms with van der Waals surface area (Å²) < 4.78 is 74.7. The van der Waals surface area contributed by atoms with Crippen LogP contribution in [-0.2, 0) is 16.0 Å². The van der Waals surface area contributed by atoms with Crippen molar-refractivity contribution in [1.82, 2.24) is 15.2 Å². The van der Waals surface area contributed by atoms with Gasteiger partial charge in [0.05, 0.1) is 12.0 Å². The van der Waals surface area contributed by atoms with Gasteiger partial charge >= 0.3 is 6.18 Å². The van der Waals surface area contributed by atoms with Gasteiger partial charge in [-0.15, -0.1) is 10.2 Å². The third-order valence-corrected chi connectivity index (χ3v) is 5.68. The van der Waals surface area contributed by atoms with Gasteiger partial charge in [-0.1, -0.05) is 6.07 Å². The Kier molecular flexibility index (Phi) is 6.77. The van der Waals surface area contributed by atoms with Crippen molar-refractivity contribution in [3.8, 4) is 17.5 Å². The Morgan fingerprint density at radius 2 is 1.76 bits per heavy atom. The van der Waals surface area contributed by atoms with Crippen LogP contribution >= 0.6 is 0 Å². The van der Waals surface area contributed by atoms with Gasteiger partial charge in [-0.3, -0.25) is 4.79 Å². The molecule has 3 rings (SSSR count). The predicted molar refractivity (Wildman–Crippen MR) is 115 cm³/mol. The number of methoxy groups -OCH3 is 1. The van der Waals surface area contributed by atoms with Crippen LogP contribution in [0, 0.1) is 13.8 Å². The number of rotatable bonds is 6. The maximum absolute atomic E-state index is 13.5. The number of nitrogens with zero attached hydrogens (tertiary/aromatic N) is 3. The average Bonchev–Trinajstić information content (AvgIpc) is 2.73. The Morgan fingerprint density at radius 3 is 2.38 bits per heavy atom. The number of alkyl halides is 3. The lowest BCUT2D eigenvalue weighted by Crippen LogP contribution is -2.21. The summed E-state index contributed by atoms with van der Waals surface area (Å²) in [6.07, 6.45) is -3.90. The molecule has 3 aromatic rings. The summed E-state index contributed by atoms with van der Waals surface area (Å²) in [4.78, 5) is 17.1. The van der Waals surface area contributed by atoms with Gasteiger partial charge in [-0.25, -0.2) is 13.4 Å². The topological polar surface area (TPSA) is 120 Å². The quantitative estimate of drug-likeness (QED) is 0.545. The number of anilines is 1. The molecule has 0 radical (unpaired) electrons. The van der Waals surface area contributed by atoms with Crippen LogP contribution in [0.3, 0.4) is 0 Å². The van der Waals surface area contributed by atoms with Gasteiger partial charge in [-0.05, 0) is 49.7 Å². The third-order valence-electron chi connectivity index (χ3n) is 4.57. The minimum atomic E-state index is -4.88. The normalized spacial score (nSPS) is 11.7. The van der Waals surface area contributed by atoms with Crippen molar-refractivity contribution >= 4 is 21.4 Å². The summed E-state index contributed by atoms with van der Waals surface area (Å²) >= 11 is 0. The molecular formula is C21H19F3N4O5S. The molecule has 13 heteroatoms. The van der Waals surface area contributed by atoms with Crippen molar-refractivity contribution in [2.24, 2.45) is 0 Å². The van der Waals surface area contributed by atoms with Crippen LogP contribution in [0.5, 0.6) is 17.5 Å². The fourth-order valence-electron chi connectivity index (χ4n) is 2.95. The van der Waals surface area contributed by atoms with E-state index in [1.807, 2.05) is 0 Å². The summed E-state index contributed by atoms with van der Waals surface area (Å²) in [5.41, 5.74) is -1.83. The number of benzene rings is 1. The highest BCUT2D eigenvalue weighted by molar-refractivity contribution is 7.90. The Balaban J connectivity index is 2.09. The number of nitrogens with one attached hydrogen (secondary N) is 1. The van der Waals surface area contributed by atoms with Crippen LogP contribution in [-0.4, -0.2) is 42.9 Å². The standard InChI is InChI=1S/C21H19F3N4O5S/c1-11-8-9-15(19(25-11)32-3)33-20-16(12(2)17(27-28-20)21(22,23)24)18(29)26-13-6-5-7-14(10-13)34(4,30)31/h5-10H,1-4H3,(H,26,29). The molecule has 34 heavy (non-hydrogen) atoms. The van der Waals surface area contributed by atoms with Gasteiger partial charge in [0.1, 0.15) is 5.56 Å². The molecule has 0 atom stereocenters. The van der Waals surface area contributed by atoms with Crippen LogP contribution in [0.15, 0.2) is 41.3 Å². The van der Waals surface area contributed by atoms with E-state index in [1.165, 1.54) is 37.4 Å². The molecule has 0 saturated heterocycles. The van der Waals surface area contributed by atoms with Gasteiger partial charge in [0.15, 0.2) is 21.3 Å². The maximum Gasteiger partial charge on any atom is 0.435 e. The van der Waals surface area contributed by atoms with E-state index in [0.717, 1.165) is 13.2 Å². The highest BCUT2D eigenvalue weighted by Crippen LogP contribution is 2.36. The van der Waals surface area contributed by atoms with E-state index < -0.39 is 44.6 Å². The second kappa shape index (κ2) is 9.25. The van der Waals surface area contributed by atoms with Gasteiger partial charge in [-0.2, -0.15) is 13.2 Å². The molecule has 1 aromatic carbocycles. The van der Waals surface area contributed by atoms with Gasteiger partial charge in [0, 0.05) is 17.6 Å². The number of ether oxygens (including phenoxy) is 2. The number of carbonyl (C=O) groups excluding carboxylic acids is 1. The van der Waals surface area contributed by atoms with Crippen molar-refractivity contribution in [2.75, 3.05) is 18.7 Å².